The molecule has 21 heavy (non-hydrogen) atoms. The van der Waals surface area contributed by atoms with Gasteiger partial charge in [0.1, 0.15) is 5.75 Å². The first-order valence-corrected chi connectivity index (χ1v) is 7.01. The lowest BCUT2D eigenvalue weighted by atomic mass is 9.96. The van der Waals surface area contributed by atoms with Gasteiger partial charge < -0.3 is 20.7 Å². The first-order chi connectivity index (χ1) is 10.1. The second-order valence-corrected chi connectivity index (χ2v) is 5.16. The number of methoxy groups -OCH3 is 1. The molecule has 1 unspecified atom stereocenters. The van der Waals surface area contributed by atoms with Crippen molar-refractivity contribution in [3.63, 3.8) is 0 Å². The maximum Gasteiger partial charge on any atom is 0.257 e. The minimum atomic E-state index is -0.153. The Balaban J connectivity index is 2.19. The van der Waals surface area contributed by atoms with E-state index < -0.39 is 0 Å². The van der Waals surface area contributed by atoms with Crippen molar-refractivity contribution >= 4 is 17.5 Å². The van der Waals surface area contributed by atoms with E-state index in [2.05, 4.69) is 5.32 Å². The number of nitrogens with zero attached hydrogens (tertiary/aromatic N) is 1. The van der Waals surface area contributed by atoms with Gasteiger partial charge in [0.15, 0.2) is 0 Å². The molecule has 1 atom stereocenters. The molecule has 3 N–H and O–H groups in total. The molecule has 0 radical (unpaired) electrons. The van der Waals surface area contributed by atoms with E-state index in [0.29, 0.717) is 30.1 Å². The van der Waals surface area contributed by atoms with Crippen molar-refractivity contribution in [2.45, 2.75) is 12.8 Å². The minimum absolute atomic E-state index is 0.0213. The predicted molar refractivity (Wildman–Crippen MR) is 80.1 cm³/mol. The number of nitrogens with one attached hydrogen (secondary N) is 1. The van der Waals surface area contributed by atoms with Crippen LogP contribution in [0.15, 0.2) is 18.2 Å². The Kier molecular flexibility index (Phi) is 4.67. The van der Waals surface area contributed by atoms with E-state index in [0.717, 1.165) is 12.8 Å². The van der Waals surface area contributed by atoms with Gasteiger partial charge in [-0.2, -0.15) is 0 Å². The molecule has 114 valence electrons. The normalized spacial score (nSPS) is 18.2. The molecule has 0 spiro atoms. The average Bonchev–Trinajstić information content (AvgIpc) is 2.53. The van der Waals surface area contributed by atoms with Crippen LogP contribution < -0.4 is 15.8 Å². The molecule has 1 aliphatic heterocycles. The molecule has 6 heteroatoms. The number of carbonyl (C=O) groups is 2. The van der Waals surface area contributed by atoms with Crippen LogP contribution in [-0.4, -0.2) is 44.0 Å². The number of rotatable bonds is 3. The molecule has 0 aliphatic carbocycles. The zero-order chi connectivity index (χ0) is 15.4. The Morgan fingerprint density at radius 1 is 1.43 bits per heavy atom. The van der Waals surface area contributed by atoms with Gasteiger partial charge in [-0.1, -0.05) is 0 Å². The Morgan fingerprint density at radius 3 is 2.86 bits per heavy atom. The first kappa shape index (κ1) is 15.2. The van der Waals surface area contributed by atoms with Crippen molar-refractivity contribution in [3.05, 3.63) is 23.8 Å². The number of hydrogen-bond acceptors (Lipinski definition) is 4. The number of amides is 2. The van der Waals surface area contributed by atoms with E-state index >= 15 is 0 Å². The molecule has 0 aromatic heterocycles. The van der Waals surface area contributed by atoms with Gasteiger partial charge in [0.25, 0.3) is 5.91 Å². The van der Waals surface area contributed by atoms with Crippen LogP contribution in [-0.2, 0) is 4.79 Å². The van der Waals surface area contributed by atoms with Gasteiger partial charge in [-0.15, -0.1) is 0 Å². The smallest absolute Gasteiger partial charge is 0.257 e. The van der Waals surface area contributed by atoms with Crippen molar-refractivity contribution in [1.82, 2.24) is 10.2 Å². The number of ether oxygens (including phenoxy) is 1. The number of piperidine rings is 1. The molecule has 0 saturated carbocycles. The SMILES string of the molecule is CNC(=O)C1CCCN(C(=O)c2cc(N)ccc2OC)C1. The second-order valence-electron chi connectivity index (χ2n) is 5.16. The number of benzene rings is 1. The topological polar surface area (TPSA) is 84.7 Å². The molecule has 0 bridgehead atoms. The largest absolute Gasteiger partial charge is 0.496 e. The Labute approximate surface area is 124 Å². The number of nitrogens with two attached hydrogens (primary N) is 1. The fourth-order valence-corrected chi connectivity index (χ4v) is 2.64. The summed E-state index contributed by atoms with van der Waals surface area (Å²) >= 11 is 0. The summed E-state index contributed by atoms with van der Waals surface area (Å²) in [6, 6.07) is 4.99. The van der Waals surface area contributed by atoms with Crippen molar-refractivity contribution in [2.24, 2.45) is 5.92 Å². The van der Waals surface area contributed by atoms with E-state index in [9.17, 15) is 9.59 Å². The third-order valence-electron chi connectivity index (χ3n) is 3.78. The molecule has 1 fully saturated rings. The van der Waals surface area contributed by atoms with E-state index in [1.807, 2.05) is 0 Å². The Bertz CT molecular complexity index is 545. The third kappa shape index (κ3) is 3.26. The number of carbonyl (C=O) groups excluding carboxylic acids is 2. The summed E-state index contributed by atoms with van der Waals surface area (Å²) in [5, 5.41) is 2.64. The van der Waals surface area contributed by atoms with Crippen LogP contribution in [0.1, 0.15) is 23.2 Å². The van der Waals surface area contributed by atoms with E-state index in [-0.39, 0.29) is 17.7 Å². The zero-order valence-electron chi connectivity index (χ0n) is 12.4. The molecule has 1 heterocycles. The molecule has 1 saturated heterocycles. The lowest BCUT2D eigenvalue weighted by molar-refractivity contribution is -0.125. The van der Waals surface area contributed by atoms with Crippen LogP contribution in [0.25, 0.3) is 0 Å². The Hall–Kier alpha value is -2.24. The number of nitrogen functional groups attached to an aromatic ring is 1. The standard InChI is InChI=1S/C15H21N3O3/c1-17-14(19)10-4-3-7-18(9-10)15(20)12-8-11(16)5-6-13(12)21-2/h5-6,8,10H,3-4,7,9,16H2,1-2H3,(H,17,19). The predicted octanol–water partition coefficient (Wildman–Crippen LogP) is 0.876. The quantitative estimate of drug-likeness (QED) is 0.810. The van der Waals surface area contributed by atoms with E-state index in [4.69, 9.17) is 10.5 Å². The van der Waals surface area contributed by atoms with Gasteiger partial charge in [-0.3, -0.25) is 9.59 Å². The first-order valence-electron chi connectivity index (χ1n) is 7.01. The van der Waals surface area contributed by atoms with Gasteiger partial charge in [0.2, 0.25) is 5.91 Å². The zero-order valence-corrected chi connectivity index (χ0v) is 12.4. The van der Waals surface area contributed by atoms with Crippen molar-refractivity contribution < 1.29 is 14.3 Å². The fraction of sp³-hybridized carbons (Fsp3) is 0.467. The maximum atomic E-state index is 12.6. The highest BCUT2D eigenvalue weighted by Crippen LogP contribution is 2.25. The highest BCUT2D eigenvalue weighted by Gasteiger charge is 2.29. The van der Waals surface area contributed by atoms with E-state index in [1.165, 1.54) is 7.11 Å². The van der Waals surface area contributed by atoms with Crippen LogP contribution in [0.4, 0.5) is 5.69 Å². The summed E-state index contributed by atoms with van der Waals surface area (Å²) in [4.78, 5) is 26.1. The molecule has 1 aliphatic rings. The molecule has 2 rings (SSSR count). The number of anilines is 1. The molecular formula is C15H21N3O3. The number of hydrogen-bond donors (Lipinski definition) is 2. The third-order valence-corrected chi connectivity index (χ3v) is 3.78. The monoisotopic (exact) mass is 291 g/mol. The molecule has 1 aromatic carbocycles. The minimum Gasteiger partial charge on any atom is -0.496 e. The maximum absolute atomic E-state index is 12.6. The van der Waals surface area contributed by atoms with Gasteiger partial charge in [-0.05, 0) is 31.0 Å². The molecule has 6 nitrogen and oxygen atoms in total. The van der Waals surface area contributed by atoms with Gasteiger partial charge in [-0.25, -0.2) is 0 Å². The highest BCUT2D eigenvalue weighted by atomic mass is 16.5. The molecular weight excluding hydrogens is 270 g/mol. The van der Waals surface area contributed by atoms with Gasteiger partial charge in [0, 0.05) is 25.8 Å². The average molecular weight is 291 g/mol. The number of likely N-dealkylation sites (tertiary alicyclic amines) is 1. The fourth-order valence-electron chi connectivity index (χ4n) is 2.64. The van der Waals surface area contributed by atoms with Crippen LogP contribution in [0.5, 0.6) is 5.75 Å². The summed E-state index contributed by atoms with van der Waals surface area (Å²) in [5.41, 5.74) is 6.71. The summed E-state index contributed by atoms with van der Waals surface area (Å²) in [7, 11) is 3.13. The van der Waals surface area contributed by atoms with Gasteiger partial charge >= 0.3 is 0 Å². The van der Waals surface area contributed by atoms with Crippen molar-refractivity contribution in [3.8, 4) is 5.75 Å². The summed E-state index contributed by atoms with van der Waals surface area (Å²) in [6.07, 6.45) is 1.62. The van der Waals surface area contributed by atoms with Crippen LogP contribution in [0.3, 0.4) is 0 Å². The molecule has 1 aromatic rings. The summed E-state index contributed by atoms with van der Waals surface area (Å²) in [6.45, 7) is 1.07. The van der Waals surface area contributed by atoms with Crippen LogP contribution in [0, 0.1) is 5.92 Å². The Morgan fingerprint density at radius 2 is 2.19 bits per heavy atom. The van der Waals surface area contributed by atoms with Crippen molar-refractivity contribution in [1.29, 1.82) is 0 Å². The van der Waals surface area contributed by atoms with Gasteiger partial charge in [0.05, 0.1) is 18.6 Å². The lowest BCUT2D eigenvalue weighted by Crippen LogP contribution is -2.44. The van der Waals surface area contributed by atoms with Crippen LogP contribution >= 0.6 is 0 Å². The van der Waals surface area contributed by atoms with E-state index in [1.54, 1.807) is 30.1 Å². The highest BCUT2D eigenvalue weighted by molar-refractivity contribution is 5.98. The summed E-state index contributed by atoms with van der Waals surface area (Å²) < 4.78 is 5.23. The summed E-state index contributed by atoms with van der Waals surface area (Å²) in [5.74, 6) is 0.177. The lowest BCUT2D eigenvalue weighted by Gasteiger charge is -2.32. The molecule has 2 amide bonds. The second kappa shape index (κ2) is 6.47. The van der Waals surface area contributed by atoms with Crippen LogP contribution in [0.2, 0.25) is 0 Å². The van der Waals surface area contributed by atoms with Crippen molar-refractivity contribution in [2.75, 3.05) is 33.0 Å².